The average Bonchev–Trinajstić information content (AvgIpc) is 2.76. The van der Waals surface area contributed by atoms with Crippen molar-refractivity contribution in [1.82, 2.24) is 0 Å². The quantitative estimate of drug-likeness (QED) is 0.497. The monoisotopic (exact) mass is 360 g/mol. The lowest BCUT2D eigenvalue weighted by atomic mass is 9.78. The number of carbonyl (C=O) groups is 1. The summed E-state index contributed by atoms with van der Waals surface area (Å²) in [6.07, 6.45) is 0. The van der Waals surface area contributed by atoms with Crippen LogP contribution in [0.25, 0.3) is 0 Å². The van der Waals surface area contributed by atoms with Gasteiger partial charge in [0, 0.05) is 17.8 Å². The standard InChI is InChI=1S/C16H14BClN2O5/c1-16(2)12-6-3-9(7-13(12)17(22)25-16)19-15(21)11-5-4-10(20(23)24)8-14(11)18/h3-8,22H,1-2H3,(H,19,21). The van der Waals surface area contributed by atoms with Crippen LogP contribution in [-0.4, -0.2) is 23.0 Å². The molecule has 0 aromatic heterocycles. The minimum Gasteiger partial charge on any atom is -0.423 e. The number of anilines is 1. The van der Waals surface area contributed by atoms with E-state index >= 15 is 0 Å². The van der Waals surface area contributed by atoms with Gasteiger partial charge >= 0.3 is 7.12 Å². The molecule has 128 valence electrons. The third-order valence-electron chi connectivity index (χ3n) is 4.04. The molecule has 1 amide bonds. The molecule has 2 N–H and O–H groups in total. The van der Waals surface area contributed by atoms with Crippen molar-refractivity contribution < 1.29 is 19.4 Å². The molecule has 3 rings (SSSR count). The van der Waals surface area contributed by atoms with Crippen molar-refractivity contribution in [3.8, 4) is 0 Å². The fraction of sp³-hybridized carbons (Fsp3) is 0.188. The third kappa shape index (κ3) is 3.24. The van der Waals surface area contributed by atoms with E-state index in [0.717, 1.165) is 11.6 Å². The van der Waals surface area contributed by atoms with Gasteiger partial charge in [-0.2, -0.15) is 0 Å². The SMILES string of the molecule is CC1(C)OB(O)c2cc(NC(=O)c3ccc([N+](=O)[O-])cc3Cl)ccc21. The second kappa shape index (κ2) is 6.14. The summed E-state index contributed by atoms with van der Waals surface area (Å²) in [7, 11) is -1.06. The van der Waals surface area contributed by atoms with Crippen LogP contribution < -0.4 is 10.8 Å². The zero-order valence-electron chi connectivity index (χ0n) is 13.4. The van der Waals surface area contributed by atoms with E-state index in [1.807, 2.05) is 13.8 Å². The summed E-state index contributed by atoms with van der Waals surface area (Å²) >= 11 is 5.96. The van der Waals surface area contributed by atoms with Crippen molar-refractivity contribution in [2.24, 2.45) is 0 Å². The predicted octanol–water partition coefficient (Wildman–Crippen LogP) is 2.45. The molecule has 2 aromatic rings. The summed E-state index contributed by atoms with van der Waals surface area (Å²) in [5, 5.41) is 23.4. The van der Waals surface area contributed by atoms with Crippen molar-refractivity contribution in [1.29, 1.82) is 0 Å². The molecule has 0 atom stereocenters. The minimum atomic E-state index is -1.06. The molecule has 0 radical (unpaired) electrons. The van der Waals surface area contributed by atoms with Gasteiger partial charge in [0.05, 0.1) is 21.1 Å². The molecular weight excluding hydrogens is 346 g/mol. The van der Waals surface area contributed by atoms with Gasteiger partial charge in [0.15, 0.2) is 0 Å². The van der Waals surface area contributed by atoms with Crippen LogP contribution in [0.3, 0.4) is 0 Å². The largest absolute Gasteiger partial charge is 0.492 e. The number of nitrogens with zero attached hydrogens (tertiary/aromatic N) is 1. The Labute approximate surface area is 148 Å². The van der Waals surface area contributed by atoms with Crippen molar-refractivity contribution in [3.63, 3.8) is 0 Å². The van der Waals surface area contributed by atoms with Crippen LogP contribution in [0, 0.1) is 10.1 Å². The van der Waals surface area contributed by atoms with E-state index in [1.54, 1.807) is 18.2 Å². The molecule has 0 unspecified atom stereocenters. The molecule has 1 aliphatic heterocycles. The van der Waals surface area contributed by atoms with Crippen LogP contribution in [0.5, 0.6) is 0 Å². The lowest BCUT2D eigenvalue weighted by Crippen LogP contribution is -2.29. The fourth-order valence-corrected chi connectivity index (χ4v) is 3.06. The van der Waals surface area contributed by atoms with Crippen molar-refractivity contribution in [3.05, 3.63) is 62.7 Å². The Bertz CT molecular complexity index is 887. The molecule has 0 spiro atoms. The molecule has 0 aliphatic carbocycles. The summed E-state index contributed by atoms with van der Waals surface area (Å²) in [4.78, 5) is 22.5. The number of non-ortho nitro benzene ring substituents is 1. The van der Waals surface area contributed by atoms with Crippen LogP contribution in [0.4, 0.5) is 11.4 Å². The maximum Gasteiger partial charge on any atom is 0.492 e. The maximum absolute atomic E-state index is 12.4. The van der Waals surface area contributed by atoms with Crippen molar-refractivity contribution in [2.45, 2.75) is 19.4 Å². The molecule has 25 heavy (non-hydrogen) atoms. The number of hydrogen-bond donors (Lipinski definition) is 2. The first-order chi connectivity index (χ1) is 11.7. The first-order valence-electron chi connectivity index (χ1n) is 7.44. The zero-order valence-corrected chi connectivity index (χ0v) is 14.2. The Morgan fingerprint density at radius 2 is 2.04 bits per heavy atom. The number of rotatable bonds is 3. The fourth-order valence-electron chi connectivity index (χ4n) is 2.80. The van der Waals surface area contributed by atoms with E-state index in [2.05, 4.69) is 5.32 Å². The van der Waals surface area contributed by atoms with Gasteiger partial charge in [0.25, 0.3) is 11.6 Å². The van der Waals surface area contributed by atoms with Gasteiger partial charge in [0.2, 0.25) is 0 Å². The number of hydrogen-bond acceptors (Lipinski definition) is 5. The van der Waals surface area contributed by atoms with E-state index in [9.17, 15) is 19.9 Å². The Hall–Kier alpha value is -2.42. The third-order valence-corrected chi connectivity index (χ3v) is 4.35. The van der Waals surface area contributed by atoms with Crippen molar-refractivity contribution in [2.75, 3.05) is 5.32 Å². The first-order valence-corrected chi connectivity index (χ1v) is 7.82. The number of amides is 1. The molecule has 0 saturated heterocycles. The Kier molecular flexibility index (Phi) is 4.28. The van der Waals surface area contributed by atoms with Crippen LogP contribution in [0.15, 0.2) is 36.4 Å². The van der Waals surface area contributed by atoms with Gasteiger partial charge in [-0.1, -0.05) is 17.7 Å². The summed E-state index contributed by atoms with van der Waals surface area (Å²) in [5.41, 5.74) is 1.19. The Balaban J connectivity index is 1.85. The number of carbonyl (C=O) groups excluding carboxylic acids is 1. The second-order valence-electron chi connectivity index (χ2n) is 6.16. The molecule has 2 aromatic carbocycles. The summed E-state index contributed by atoms with van der Waals surface area (Å²) in [5.74, 6) is -0.507. The highest BCUT2D eigenvalue weighted by Crippen LogP contribution is 2.31. The molecular formula is C16H14BClN2O5. The second-order valence-corrected chi connectivity index (χ2v) is 6.57. The van der Waals surface area contributed by atoms with Crippen molar-refractivity contribution >= 4 is 41.5 Å². The molecule has 7 nitrogen and oxygen atoms in total. The van der Waals surface area contributed by atoms with E-state index in [4.69, 9.17) is 16.3 Å². The van der Waals surface area contributed by atoms with Gasteiger partial charge in [0.1, 0.15) is 0 Å². The smallest absolute Gasteiger partial charge is 0.423 e. The predicted molar refractivity (Wildman–Crippen MR) is 94.2 cm³/mol. The van der Waals surface area contributed by atoms with Crippen LogP contribution in [-0.2, 0) is 10.3 Å². The average molecular weight is 361 g/mol. The summed E-state index contributed by atoms with van der Waals surface area (Å²) < 4.78 is 5.48. The van der Waals surface area contributed by atoms with Gasteiger partial charge in [-0.25, -0.2) is 0 Å². The van der Waals surface area contributed by atoms with Crippen LogP contribution in [0.1, 0.15) is 29.8 Å². The van der Waals surface area contributed by atoms with Crippen LogP contribution in [0.2, 0.25) is 5.02 Å². The highest BCUT2D eigenvalue weighted by molar-refractivity contribution is 6.62. The number of benzene rings is 2. The topological polar surface area (TPSA) is 102 Å². The highest BCUT2D eigenvalue weighted by Gasteiger charge is 2.40. The summed E-state index contributed by atoms with van der Waals surface area (Å²) in [6, 6.07) is 8.73. The van der Waals surface area contributed by atoms with E-state index in [-0.39, 0.29) is 16.3 Å². The van der Waals surface area contributed by atoms with Gasteiger partial charge in [-0.05, 0) is 43.1 Å². The maximum atomic E-state index is 12.4. The molecule has 0 bridgehead atoms. The number of nitrogens with one attached hydrogen (secondary N) is 1. The van der Waals surface area contributed by atoms with Gasteiger partial charge in [-0.15, -0.1) is 0 Å². The molecule has 1 aliphatic rings. The lowest BCUT2D eigenvalue weighted by molar-refractivity contribution is -0.384. The number of nitro benzene ring substituents is 1. The van der Waals surface area contributed by atoms with E-state index < -0.39 is 23.5 Å². The molecule has 1 heterocycles. The summed E-state index contributed by atoms with van der Waals surface area (Å²) in [6.45, 7) is 3.69. The first kappa shape index (κ1) is 17.4. The Morgan fingerprint density at radius 1 is 1.32 bits per heavy atom. The molecule has 0 saturated carbocycles. The normalized spacial score (nSPS) is 15.0. The van der Waals surface area contributed by atoms with Gasteiger partial charge < -0.3 is 15.0 Å². The lowest BCUT2D eigenvalue weighted by Gasteiger charge is -2.19. The van der Waals surface area contributed by atoms with Gasteiger partial charge in [-0.3, -0.25) is 14.9 Å². The number of nitro groups is 1. The van der Waals surface area contributed by atoms with Crippen LogP contribution >= 0.6 is 11.6 Å². The zero-order chi connectivity index (χ0) is 18.4. The minimum absolute atomic E-state index is 0.0163. The number of halogens is 1. The van der Waals surface area contributed by atoms with E-state index in [0.29, 0.717) is 11.2 Å². The highest BCUT2D eigenvalue weighted by atomic mass is 35.5. The Morgan fingerprint density at radius 3 is 2.68 bits per heavy atom. The van der Waals surface area contributed by atoms with E-state index in [1.165, 1.54) is 12.1 Å². The molecule has 9 heteroatoms. The molecule has 0 fully saturated rings. The number of fused-ring (bicyclic) bond motifs is 1.